The Balaban J connectivity index is 1.47. The largest absolute Gasteiger partial charge is 0.348 e. The van der Waals surface area contributed by atoms with E-state index in [-0.39, 0.29) is 11.7 Å². The smallest absolute Gasteiger partial charge is 0.323 e. The fraction of sp³-hybridized carbons (Fsp3) is 0.0870. The van der Waals surface area contributed by atoms with Gasteiger partial charge < -0.3 is 16.0 Å². The number of nitrogens with one attached hydrogen (secondary N) is 3. The van der Waals surface area contributed by atoms with Gasteiger partial charge >= 0.3 is 6.03 Å². The van der Waals surface area contributed by atoms with Gasteiger partial charge in [-0.1, -0.05) is 36.4 Å². The van der Waals surface area contributed by atoms with E-state index >= 15 is 0 Å². The van der Waals surface area contributed by atoms with E-state index in [2.05, 4.69) is 16.0 Å². The number of benzene rings is 3. The molecule has 1 aliphatic heterocycles. The molecule has 0 fully saturated rings. The Morgan fingerprint density at radius 2 is 1.55 bits per heavy atom. The molecule has 0 saturated carbocycles. The number of amides is 3. The van der Waals surface area contributed by atoms with Crippen LogP contribution < -0.4 is 16.0 Å². The molecule has 0 unspecified atom stereocenters. The van der Waals surface area contributed by atoms with E-state index in [1.54, 1.807) is 24.3 Å². The van der Waals surface area contributed by atoms with Gasteiger partial charge in [-0.05, 0) is 53.9 Å². The Hall–Kier alpha value is -3.93. The van der Waals surface area contributed by atoms with Gasteiger partial charge in [0.2, 0.25) is 0 Å². The second kappa shape index (κ2) is 7.59. The van der Waals surface area contributed by atoms with E-state index in [1.165, 1.54) is 6.92 Å². The molecule has 0 radical (unpaired) electrons. The minimum Gasteiger partial charge on any atom is -0.348 e. The Morgan fingerprint density at radius 3 is 2.31 bits per heavy atom. The highest BCUT2D eigenvalue weighted by Gasteiger charge is 2.21. The fourth-order valence-corrected chi connectivity index (χ4v) is 3.37. The predicted octanol–water partition coefficient (Wildman–Crippen LogP) is 4.44. The zero-order chi connectivity index (χ0) is 20.4. The van der Waals surface area contributed by atoms with Gasteiger partial charge in [-0.2, -0.15) is 0 Å². The van der Waals surface area contributed by atoms with Gasteiger partial charge in [0, 0.05) is 29.0 Å². The summed E-state index contributed by atoms with van der Waals surface area (Å²) < 4.78 is 0. The number of rotatable bonds is 4. The van der Waals surface area contributed by atoms with Crippen molar-refractivity contribution in [3.05, 3.63) is 83.4 Å². The lowest BCUT2D eigenvalue weighted by molar-refractivity contribution is 0.0964. The number of anilines is 2. The minimum absolute atomic E-state index is 0.0503. The zero-order valence-corrected chi connectivity index (χ0v) is 15.8. The predicted molar refractivity (Wildman–Crippen MR) is 112 cm³/mol. The highest BCUT2D eigenvalue weighted by molar-refractivity contribution is 6.02. The summed E-state index contributed by atoms with van der Waals surface area (Å²) in [5, 5.41) is 8.34. The van der Waals surface area contributed by atoms with Gasteiger partial charge in [0.25, 0.3) is 5.91 Å². The van der Waals surface area contributed by atoms with Gasteiger partial charge in [0.1, 0.15) is 0 Å². The van der Waals surface area contributed by atoms with Crippen molar-refractivity contribution >= 4 is 29.1 Å². The van der Waals surface area contributed by atoms with E-state index in [4.69, 9.17) is 0 Å². The molecule has 6 nitrogen and oxygen atoms in total. The van der Waals surface area contributed by atoms with Gasteiger partial charge in [0.15, 0.2) is 5.78 Å². The third-order valence-electron chi connectivity index (χ3n) is 4.83. The molecule has 1 heterocycles. The summed E-state index contributed by atoms with van der Waals surface area (Å²) in [6, 6.07) is 19.5. The summed E-state index contributed by atoms with van der Waals surface area (Å²) in [6.07, 6.45) is 0. The second-order valence-electron chi connectivity index (χ2n) is 6.81. The van der Waals surface area contributed by atoms with Crippen molar-refractivity contribution in [3.8, 4) is 11.1 Å². The molecule has 0 saturated heterocycles. The monoisotopic (exact) mass is 385 g/mol. The number of urea groups is 1. The Bertz CT molecular complexity index is 1120. The molecule has 0 atom stereocenters. The first-order valence-corrected chi connectivity index (χ1v) is 9.21. The van der Waals surface area contributed by atoms with E-state index in [1.807, 2.05) is 42.5 Å². The number of hydrogen-bond acceptors (Lipinski definition) is 3. The summed E-state index contributed by atoms with van der Waals surface area (Å²) in [6.45, 7) is 2.00. The molecule has 0 spiro atoms. The van der Waals surface area contributed by atoms with Crippen molar-refractivity contribution < 1.29 is 14.4 Å². The van der Waals surface area contributed by atoms with Crippen LogP contribution in [0.2, 0.25) is 0 Å². The Labute approximate surface area is 167 Å². The summed E-state index contributed by atoms with van der Waals surface area (Å²) in [5.41, 5.74) is 5.38. The first-order valence-electron chi connectivity index (χ1n) is 9.21. The molecule has 1 aliphatic rings. The molecule has 3 N–H and O–H groups in total. The molecule has 4 rings (SSSR count). The van der Waals surface area contributed by atoms with Crippen molar-refractivity contribution in [2.24, 2.45) is 0 Å². The third-order valence-corrected chi connectivity index (χ3v) is 4.83. The van der Waals surface area contributed by atoms with Crippen LogP contribution >= 0.6 is 0 Å². The van der Waals surface area contributed by atoms with Gasteiger partial charge in [-0.25, -0.2) is 4.79 Å². The van der Waals surface area contributed by atoms with E-state index < -0.39 is 6.03 Å². The summed E-state index contributed by atoms with van der Waals surface area (Å²) >= 11 is 0. The van der Waals surface area contributed by atoms with Crippen LogP contribution in [0.25, 0.3) is 11.1 Å². The van der Waals surface area contributed by atoms with Gasteiger partial charge in [-0.15, -0.1) is 0 Å². The fourth-order valence-electron chi connectivity index (χ4n) is 3.37. The molecule has 29 heavy (non-hydrogen) atoms. The van der Waals surface area contributed by atoms with E-state index in [0.29, 0.717) is 29.0 Å². The van der Waals surface area contributed by atoms with Crippen molar-refractivity contribution in [2.75, 3.05) is 10.6 Å². The molecule has 3 aromatic rings. The lowest BCUT2D eigenvalue weighted by Gasteiger charge is -2.10. The summed E-state index contributed by atoms with van der Waals surface area (Å²) in [7, 11) is 0. The highest BCUT2D eigenvalue weighted by atomic mass is 16.2. The number of fused-ring (bicyclic) bond motifs is 1. The minimum atomic E-state index is -0.395. The number of ketones is 1. The van der Waals surface area contributed by atoms with E-state index in [9.17, 15) is 14.4 Å². The molecule has 3 aromatic carbocycles. The SMILES string of the molecule is CC(=O)c1cccc(NC(=O)Nc2ccc(-c3cccc4c3CNC4=O)cc2)c1. The molecule has 0 aromatic heterocycles. The normalized spacial score (nSPS) is 12.1. The first-order chi connectivity index (χ1) is 14.0. The number of Topliss-reactive ketones (excluding diaryl/α,β-unsaturated/α-hetero) is 1. The molecule has 6 heteroatoms. The number of carbonyl (C=O) groups is 3. The average Bonchev–Trinajstić information content (AvgIpc) is 3.10. The number of carbonyl (C=O) groups excluding carboxylic acids is 3. The zero-order valence-electron chi connectivity index (χ0n) is 15.8. The standard InChI is InChI=1S/C23H19N3O3/c1-14(27)16-4-2-5-18(12-16)26-23(29)25-17-10-8-15(9-11-17)19-6-3-7-20-21(19)13-24-22(20)28/h2-12H,13H2,1H3,(H,24,28)(H2,25,26,29). The van der Waals surface area contributed by atoms with Gasteiger partial charge in [-0.3, -0.25) is 9.59 Å². The number of hydrogen-bond donors (Lipinski definition) is 3. The van der Waals surface area contributed by atoms with E-state index in [0.717, 1.165) is 16.7 Å². The Kier molecular flexibility index (Phi) is 4.83. The van der Waals surface area contributed by atoms with Crippen LogP contribution in [0.3, 0.4) is 0 Å². The topological polar surface area (TPSA) is 87.3 Å². The first kappa shape index (κ1) is 18.4. The summed E-state index contributed by atoms with van der Waals surface area (Å²) in [5.74, 6) is -0.111. The maximum Gasteiger partial charge on any atom is 0.323 e. The third kappa shape index (κ3) is 3.87. The van der Waals surface area contributed by atoms with Crippen LogP contribution in [-0.2, 0) is 6.54 Å². The molecule has 0 bridgehead atoms. The van der Waals surface area contributed by atoms with Crippen LogP contribution in [-0.4, -0.2) is 17.7 Å². The van der Waals surface area contributed by atoms with Crippen molar-refractivity contribution in [2.45, 2.75) is 13.5 Å². The van der Waals surface area contributed by atoms with Crippen LogP contribution in [0, 0.1) is 0 Å². The second-order valence-corrected chi connectivity index (χ2v) is 6.81. The molecule has 144 valence electrons. The average molecular weight is 385 g/mol. The molecular formula is C23H19N3O3. The van der Waals surface area contributed by atoms with Crippen LogP contribution in [0.5, 0.6) is 0 Å². The van der Waals surface area contributed by atoms with Crippen molar-refractivity contribution in [3.63, 3.8) is 0 Å². The summed E-state index contributed by atoms with van der Waals surface area (Å²) in [4.78, 5) is 35.6. The van der Waals surface area contributed by atoms with Crippen LogP contribution in [0.1, 0.15) is 33.2 Å². The Morgan fingerprint density at radius 1 is 0.862 bits per heavy atom. The highest BCUT2D eigenvalue weighted by Crippen LogP contribution is 2.30. The molecule has 3 amide bonds. The van der Waals surface area contributed by atoms with Crippen molar-refractivity contribution in [1.29, 1.82) is 0 Å². The van der Waals surface area contributed by atoms with Crippen LogP contribution in [0.4, 0.5) is 16.2 Å². The lowest BCUT2D eigenvalue weighted by Crippen LogP contribution is -2.19. The maximum absolute atomic E-state index is 12.3. The lowest BCUT2D eigenvalue weighted by atomic mass is 9.97. The quantitative estimate of drug-likeness (QED) is 0.580. The molecule has 0 aliphatic carbocycles. The maximum atomic E-state index is 12.3. The van der Waals surface area contributed by atoms with Crippen molar-refractivity contribution in [1.82, 2.24) is 5.32 Å². The van der Waals surface area contributed by atoms with Gasteiger partial charge in [0.05, 0.1) is 0 Å². The molecular weight excluding hydrogens is 366 g/mol. The van der Waals surface area contributed by atoms with Crippen LogP contribution in [0.15, 0.2) is 66.7 Å².